The quantitative estimate of drug-likeness (QED) is 0.173. The molecule has 0 unspecified atom stereocenters. The van der Waals surface area contributed by atoms with Gasteiger partial charge in [0.15, 0.2) is 0 Å². The average Bonchev–Trinajstić information content (AvgIpc) is 3.62. The van der Waals surface area contributed by atoms with Crippen molar-refractivity contribution < 1.29 is 45.7 Å². The van der Waals surface area contributed by atoms with Gasteiger partial charge in [-0.15, -0.1) is 0 Å². The lowest BCUT2D eigenvalue weighted by atomic mass is 9.98. The normalized spacial score (nSPS) is 13.9. The number of carboxylic acids is 2. The number of nitrogens with zero attached hydrogens (tertiary/aromatic N) is 2. The molecule has 5 heterocycles. The van der Waals surface area contributed by atoms with E-state index < -0.39 is 42.0 Å². The highest BCUT2D eigenvalue weighted by Crippen LogP contribution is 2.40. The Hall–Kier alpha value is -4.64. The second kappa shape index (κ2) is 11.6. The third kappa shape index (κ3) is 6.11. The zero-order valence-corrected chi connectivity index (χ0v) is 26.7. The molecule has 2 aliphatic rings. The molecular formula is C30H30N4O10S2. The molecule has 3 aromatic rings. The first kappa shape index (κ1) is 32.7. The van der Waals surface area contributed by atoms with Crippen molar-refractivity contribution >= 4 is 76.5 Å². The number of aliphatic carboxylic acids is 2. The summed E-state index contributed by atoms with van der Waals surface area (Å²) in [5, 5.41) is 18.8. The topological polar surface area (TPSA) is 241 Å². The van der Waals surface area contributed by atoms with Gasteiger partial charge < -0.3 is 20.2 Å². The molecule has 0 radical (unpaired) electrons. The molecule has 3 aromatic heterocycles. The summed E-state index contributed by atoms with van der Waals surface area (Å²) in [6.07, 6.45) is -0.557. The van der Waals surface area contributed by atoms with Crippen LogP contribution in [0.3, 0.4) is 0 Å². The van der Waals surface area contributed by atoms with Crippen molar-refractivity contribution in [2.75, 3.05) is 0 Å². The van der Waals surface area contributed by atoms with Gasteiger partial charge in [0.2, 0.25) is 0 Å². The van der Waals surface area contributed by atoms with E-state index in [4.69, 9.17) is 4.98 Å². The molecule has 0 amide bonds. The Labute approximate surface area is 263 Å². The largest absolute Gasteiger partial charge is 0.481 e. The summed E-state index contributed by atoms with van der Waals surface area (Å²) in [7, 11) is -10.0. The summed E-state index contributed by atoms with van der Waals surface area (Å²) in [5.74, 6) is -2.17. The molecule has 242 valence electrons. The van der Waals surface area contributed by atoms with Crippen molar-refractivity contribution in [2.45, 2.75) is 63.2 Å². The molecule has 16 heteroatoms. The molecule has 2 aliphatic heterocycles. The van der Waals surface area contributed by atoms with Crippen molar-refractivity contribution in [2.24, 2.45) is 0 Å². The Kier molecular flexibility index (Phi) is 8.27. The number of allylic oxidation sites excluding steroid dienone is 4. The van der Waals surface area contributed by atoms with Crippen molar-refractivity contribution in [1.82, 2.24) is 19.9 Å². The van der Waals surface area contributed by atoms with Crippen molar-refractivity contribution in [1.29, 1.82) is 0 Å². The predicted octanol–water partition coefficient (Wildman–Crippen LogP) is 5.02. The highest BCUT2D eigenvalue weighted by atomic mass is 32.2. The Morgan fingerprint density at radius 2 is 1.17 bits per heavy atom. The average molecular weight is 671 g/mol. The summed E-state index contributed by atoms with van der Waals surface area (Å²) < 4.78 is 72.3. The van der Waals surface area contributed by atoms with Crippen LogP contribution in [0.5, 0.6) is 0 Å². The summed E-state index contributed by atoms with van der Waals surface area (Å²) in [6, 6.07) is 5.96. The van der Waals surface area contributed by atoms with Gasteiger partial charge in [-0.3, -0.25) is 18.7 Å². The Morgan fingerprint density at radius 1 is 0.652 bits per heavy atom. The number of rotatable bonds is 8. The van der Waals surface area contributed by atoms with Gasteiger partial charge in [0, 0.05) is 18.4 Å². The Bertz CT molecular complexity index is 2310. The van der Waals surface area contributed by atoms with Crippen LogP contribution < -0.4 is 0 Å². The van der Waals surface area contributed by atoms with Gasteiger partial charge in [-0.25, -0.2) is 9.97 Å². The molecule has 5 rings (SSSR count). The van der Waals surface area contributed by atoms with Crippen LogP contribution >= 0.6 is 0 Å². The van der Waals surface area contributed by atoms with E-state index >= 15 is 0 Å². The number of H-pyrrole nitrogens is 2. The van der Waals surface area contributed by atoms with Crippen molar-refractivity contribution in [3.05, 3.63) is 58.2 Å². The Balaban J connectivity index is 2.06. The minimum Gasteiger partial charge on any atom is -0.481 e. The number of hydrogen-bond donors (Lipinski definition) is 6. The number of carbonyl (C=O) groups is 2. The fourth-order valence-corrected chi connectivity index (χ4v) is 7.44. The van der Waals surface area contributed by atoms with E-state index in [1.165, 1.54) is 32.0 Å². The molecule has 0 fully saturated rings. The number of nitrogens with one attached hydrogen (secondary N) is 2. The summed E-state index contributed by atoms with van der Waals surface area (Å²) in [6.45, 7) is 6.44. The first-order valence-corrected chi connectivity index (χ1v) is 16.8. The van der Waals surface area contributed by atoms with Gasteiger partial charge in [-0.05, 0) is 98.2 Å². The molecule has 0 aliphatic carbocycles. The highest BCUT2D eigenvalue weighted by molar-refractivity contribution is 7.86. The number of fused-ring (bicyclic) bond motifs is 8. The third-order valence-corrected chi connectivity index (χ3v) is 9.85. The molecular weight excluding hydrogens is 640 g/mol. The zero-order valence-electron chi connectivity index (χ0n) is 25.1. The predicted molar refractivity (Wildman–Crippen MR) is 169 cm³/mol. The highest BCUT2D eigenvalue weighted by Gasteiger charge is 2.29. The fourth-order valence-electron chi connectivity index (χ4n) is 5.75. The van der Waals surface area contributed by atoms with Crippen molar-refractivity contribution in [3.63, 3.8) is 0 Å². The first-order chi connectivity index (χ1) is 21.4. The summed E-state index contributed by atoms with van der Waals surface area (Å²) in [5.41, 5.74) is 3.27. The van der Waals surface area contributed by atoms with Gasteiger partial charge in [0.25, 0.3) is 20.2 Å². The maximum atomic E-state index is 13.0. The molecule has 0 saturated heterocycles. The third-order valence-electron chi connectivity index (χ3n) is 7.99. The fraction of sp³-hybridized carbons (Fsp3) is 0.267. The van der Waals surface area contributed by atoms with Crippen LogP contribution in [0.4, 0.5) is 0 Å². The van der Waals surface area contributed by atoms with Crippen LogP contribution in [0.2, 0.25) is 0 Å². The summed E-state index contributed by atoms with van der Waals surface area (Å²) in [4.78, 5) is 36.7. The molecule has 46 heavy (non-hydrogen) atoms. The molecule has 8 bridgehead atoms. The van der Waals surface area contributed by atoms with Gasteiger partial charge in [0.1, 0.15) is 9.79 Å². The summed E-state index contributed by atoms with van der Waals surface area (Å²) >= 11 is 0. The van der Waals surface area contributed by atoms with E-state index in [1.807, 2.05) is 0 Å². The second-order valence-electron chi connectivity index (χ2n) is 11.1. The maximum Gasteiger partial charge on any atom is 0.303 e. The lowest BCUT2D eigenvalue weighted by molar-refractivity contribution is -0.137. The molecule has 6 N–H and O–H groups in total. The lowest BCUT2D eigenvalue weighted by Gasteiger charge is -2.05. The van der Waals surface area contributed by atoms with Crippen LogP contribution in [0.25, 0.3) is 44.4 Å². The van der Waals surface area contributed by atoms with Crippen LogP contribution in [-0.2, 0) is 29.8 Å². The molecule has 0 spiro atoms. The second-order valence-corrected chi connectivity index (χ2v) is 13.9. The molecule has 0 atom stereocenters. The van der Waals surface area contributed by atoms with E-state index in [0.29, 0.717) is 39.2 Å². The van der Waals surface area contributed by atoms with Crippen LogP contribution in [0, 0.1) is 13.8 Å². The minimum absolute atomic E-state index is 0.0220. The number of aromatic amines is 2. The van der Waals surface area contributed by atoms with Gasteiger partial charge in [-0.1, -0.05) is 0 Å². The smallest absolute Gasteiger partial charge is 0.303 e. The van der Waals surface area contributed by atoms with Crippen LogP contribution in [0.1, 0.15) is 73.4 Å². The van der Waals surface area contributed by atoms with Crippen molar-refractivity contribution in [3.8, 4) is 0 Å². The zero-order chi connectivity index (χ0) is 33.9. The van der Waals surface area contributed by atoms with Gasteiger partial charge in [-0.2, -0.15) is 16.8 Å². The number of hydrogen-bond acceptors (Lipinski definition) is 8. The number of aryl methyl sites for hydroxylation is 2. The van der Waals surface area contributed by atoms with Crippen LogP contribution in [-0.4, -0.2) is 68.0 Å². The number of aromatic nitrogens is 4. The van der Waals surface area contributed by atoms with Gasteiger partial charge in [0.05, 0.1) is 39.3 Å². The van der Waals surface area contributed by atoms with E-state index in [-0.39, 0.29) is 64.8 Å². The molecule has 0 aromatic carbocycles. The monoisotopic (exact) mass is 670 g/mol. The SMILES string of the molecule is CC1=C(CCC(=O)O)c2cc3nc(c(S(=O)(=O)O)c4cc(C)c([nH]4)c(S(=O)(=O)O)c4cc(C)c(cc1n2)[nH]4)C(C)=C3CCC(=O)O. The van der Waals surface area contributed by atoms with Gasteiger partial charge >= 0.3 is 11.9 Å². The first-order valence-electron chi connectivity index (χ1n) is 13.9. The van der Waals surface area contributed by atoms with E-state index in [1.54, 1.807) is 19.9 Å². The van der Waals surface area contributed by atoms with E-state index in [2.05, 4.69) is 15.0 Å². The van der Waals surface area contributed by atoms with Crippen LogP contribution in [0.15, 0.2) is 34.1 Å². The standard InChI is InChI=1S/C30H30N4O10S2/c1-13-9-23-29(45(39,40)41)27-14(2)10-24(34-27)30(46(42,43)44)28-16(4)18(6-8-26(37)38)22(33-28)12-21-17(5-7-25(35)36)15(3)20(32-21)11-19(13)31-23/h9-12,31,34H,5-8H2,1-4H3,(H,35,36)(H,37,38)(H,39,40,41)(H,42,43,44). The van der Waals surface area contributed by atoms with E-state index in [0.717, 1.165) is 0 Å². The lowest BCUT2D eigenvalue weighted by Crippen LogP contribution is -2.03. The van der Waals surface area contributed by atoms with E-state index in [9.17, 15) is 45.7 Å². The molecule has 14 nitrogen and oxygen atoms in total. The minimum atomic E-state index is -5.07. The number of carboxylic acid groups (broad SMARTS) is 2. The maximum absolute atomic E-state index is 13.0. The Morgan fingerprint density at radius 3 is 1.74 bits per heavy atom. The molecule has 0 saturated carbocycles.